The molecule has 0 fully saturated rings. The smallest absolute Gasteiger partial charge is 0.275 e. The van der Waals surface area contributed by atoms with Crippen molar-refractivity contribution in [2.75, 3.05) is 30.6 Å². The van der Waals surface area contributed by atoms with Crippen LogP contribution in [0.1, 0.15) is 0 Å². The molecule has 0 aromatic carbocycles. The van der Waals surface area contributed by atoms with E-state index in [4.69, 9.17) is 0 Å². The van der Waals surface area contributed by atoms with Gasteiger partial charge in [0.2, 0.25) is 0 Å². The molecule has 9 heteroatoms. The molecule has 0 saturated heterocycles. The average molecular weight is 335 g/mol. The Kier molecular flexibility index (Phi) is 6.53. The maximum absolute atomic E-state index is 11.7. The van der Waals surface area contributed by atoms with Crippen LogP contribution in [-0.4, -0.2) is 63.0 Å². The largest absolute Gasteiger partial charge is 0.394 e. The summed E-state index contributed by atoms with van der Waals surface area (Å²) in [6, 6.07) is -0.268. The number of halogens is 1. The van der Waals surface area contributed by atoms with Gasteiger partial charge in [0.15, 0.2) is 0 Å². The molecule has 2 aromatic heterocycles. The fourth-order valence-corrected chi connectivity index (χ4v) is 2.94. The van der Waals surface area contributed by atoms with E-state index in [-0.39, 0.29) is 30.6 Å². The molecule has 4 N–H and O–H groups in total. The molecular formula is C12H19ClN4O3S. The quantitative estimate of drug-likeness (QED) is 0.601. The van der Waals surface area contributed by atoms with Crippen molar-refractivity contribution in [1.29, 1.82) is 0 Å². The molecule has 0 aliphatic carbocycles. The summed E-state index contributed by atoms with van der Waals surface area (Å²) >= 11 is 1.58. The Morgan fingerprint density at radius 2 is 2.19 bits per heavy atom. The number of H-pyrrole nitrogens is 2. The highest BCUT2D eigenvalue weighted by Crippen LogP contribution is 2.25. The minimum absolute atomic E-state index is 0. The van der Waals surface area contributed by atoms with Crippen LogP contribution < -0.4 is 10.5 Å². The first-order valence-corrected chi connectivity index (χ1v) is 7.55. The molecule has 0 radical (unpaired) electrons. The van der Waals surface area contributed by atoms with Gasteiger partial charge in [0.25, 0.3) is 5.56 Å². The van der Waals surface area contributed by atoms with Crippen molar-refractivity contribution in [1.82, 2.24) is 15.0 Å². The van der Waals surface area contributed by atoms with Crippen molar-refractivity contribution in [3.63, 3.8) is 0 Å². The van der Waals surface area contributed by atoms with Gasteiger partial charge >= 0.3 is 0 Å². The molecule has 0 unspecified atom stereocenters. The number of aromatic amines is 2. The standard InChI is InChI=1S/C12H18N4O3S.ClH/c1-16(8(5-20-2)9(18)4-17)7-3-13-11-10(7)14-6-15-12(11)19;/h3,6,8-9,13,17-18H,4-5H2,1-2H3,(H,14,15,19);1H/t8-,9+;/m1./s1. The van der Waals surface area contributed by atoms with Gasteiger partial charge in [-0.05, 0) is 6.26 Å². The van der Waals surface area contributed by atoms with Crippen molar-refractivity contribution in [2.45, 2.75) is 12.1 Å². The number of thioether (sulfide) groups is 1. The normalized spacial score (nSPS) is 13.7. The number of anilines is 1. The molecule has 0 bridgehead atoms. The molecule has 2 aromatic rings. The summed E-state index contributed by atoms with van der Waals surface area (Å²) in [4.78, 5) is 23.1. The van der Waals surface area contributed by atoms with Gasteiger partial charge in [-0.15, -0.1) is 12.4 Å². The lowest BCUT2D eigenvalue weighted by molar-refractivity contribution is 0.0787. The Morgan fingerprint density at radius 1 is 1.48 bits per heavy atom. The minimum Gasteiger partial charge on any atom is -0.394 e. The summed E-state index contributed by atoms with van der Waals surface area (Å²) in [6.07, 6.45) is 4.11. The van der Waals surface area contributed by atoms with E-state index in [1.54, 1.807) is 18.0 Å². The highest BCUT2D eigenvalue weighted by atomic mass is 35.5. The van der Waals surface area contributed by atoms with E-state index in [2.05, 4.69) is 15.0 Å². The van der Waals surface area contributed by atoms with Gasteiger partial charge in [0.05, 0.1) is 30.8 Å². The van der Waals surface area contributed by atoms with Crippen LogP contribution in [0.2, 0.25) is 0 Å². The van der Waals surface area contributed by atoms with Crippen LogP contribution in [0.15, 0.2) is 17.3 Å². The van der Waals surface area contributed by atoms with Gasteiger partial charge in [-0.3, -0.25) is 4.79 Å². The number of aromatic nitrogens is 3. The number of nitrogens with one attached hydrogen (secondary N) is 2. The van der Waals surface area contributed by atoms with Crippen molar-refractivity contribution in [2.24, 2.45) is 0 Å². The lowest BCUT2D eigenvalue weighted by atomic mass is 10.1. The summed E-state index contributed by atoms with van der Waals surface area (Å²) in [6.45, 7) is -0.314. The highest BCUT2D eigenvalue weighted by Gasteiger charge is 2.25. The van der Waals surface area contributed by atoms with Crippen LogP contribution in [0.25, 0.3) is 11.0 Å². The van der Waals surface area contributed by atoms with Crippen LogP contribution in [0.4, 0.5) is 5.69 Å². The zero-order valence-corrected chi connectivity index (χ0v) is 13.4. The van der Waals surface area contributed by atoms with Crippen molar-refractivity contribution in [3.8, 4) is 0 Å². The first kappa shape index (κ1) is 17.8. The van der Waals surface area contributed by atoms with Gasteiger partial charge in [-0.25, -0.2) is 4.98 Å². The first-order chi connectivity index (χ1) is 9.60. The lowest BCUT2D eigenvalue weighted by Crippen LogP contribution is -2.45. The third-order valence-electron chi connectivity index (χ3n) is 3.30. The van der Waals surface area contributed by atoms with E-state index < -0.39 is 6.10 Å². The number of rotatable bonds is 6. The van der Waals surface area contributed by atoms with E-state index >= 15 is 0 Å². The Morgan fingerprint density at radius 3 is 2.81 bits per heavy atom. The number of hydrogen-bond donors (Lipinski definition) is 4. The number of aliphatic hydroxyl groups excluding tert-OH is 2. The number of likely N-dealkylation sites (N-methyl/N-ethyl adjacent to an activating group) is 1. The Balaban J connectivity index is 0.00000220. The Bertz CT molecular complexity index is 632. The van der Waals surface area contributed by atoms with Crippen molar-refractivity contribution >= 4 is 40.9 Å². The third-order valence-corrected chi connectivity index (χ3v) is 3.97. The minimum atomic E-state index is -0.862. The molecule has 0 spiro atoms. The Labute approximate surface area is 132 Å². The van der Waals surface area contributed by atoms with Gasteiger partial charge in [0.1, 0.15) is 11.0 Å². The van der Waals surface area contributed by atoms with E-state index in [1.165, 1.54) is 6.33 Å². The highest BCUT2D eigenvalue weighted by molar-refractivity contribution is 7.98. The Hall–Kier alpha value is -1.22. The molecule has 0 saturated carbocycles. The van der Waals surface area contributed by atoms with Crippen LogP contribution in [-0.2, 0) is 0 Å². The second-order valence-corrected chi connectivity index (χ2v) is 5.42. The molecule has 2 rings (SSSR count). The van der Waals surface area contributed by atoms with Crippen LogP contribution in [0, 0.1) is 0 Å². The monoisotopic (exact) mass is 334 g/mol. The van der Waals surface area contributed by atoms with E-state index in [0.717, 1.165) is 5.69 Å². The van der Waals surface area contributed by atoms with E-state index in [0.29, 0.717) is 16.8 Å². The summed E-state index contributed by atoms with van der Waals surface area (Å²) in [5.41, 5.74) is 1.43. The van der Waals surface area contributed by atoms with E-state index in [1.807, 2.05) is 18.2 Å². The van der Waals surface area contributed by atoms with Gasteiger partial charge in [0, 0.05) is 19.0 Å². The average Bonchev–Trinajstić information content (AvgIpc) is 2.88. The van der Waals surface area contributed by atoms with Crippen LogP contribution >= 0.6 is 24.2 Å². The maximum atomic E-state index is 11.7. The van der Waals surface area contributed by atoms with Crippen LogP contribution in [0.5, 0.6) is 0 Å². The SMILES string of the molecule is CSC[C@H]([C@@H](O)CO)N(C)c1c[nH]c2c(=O)[nH]cnc12.Cl. The molecule has 0 aliphatic heterocycles. The summed E-state index contributed by atoms with van der Waals surface area (Å²) in [5.74, 6) is 0.647. The molecule has 0 aliphatic rings. The second-order valence-electron chi connectivity index (χ2n) is 4.51. The molecule has 0 amide bonds. The molecule has 2 heterocycles. The predicted octanol–water partition coefficient (Wildman–Crippen LogP) is 0.194. The fourth-order valence-electron chi connectivity index (χ4n) is 2.16. The number of fused-ring (bicyclic) bond motifs is 1. The predicted molar refractivity (Wildman–Crippen MR) is 87.6 cm³/mol. The topological polar surface area (TPSA) is 105 Å². The molecule has 118 valence electrons. The second kappa shape index (κ2) is 7.69. The van der Waals surface area contributed by atoms with Gasteiger partial charge < -0.3 is 25.1 Å². The molecule has 7 nitrogen and oxygen atoms in total. The molecule has 2 atom stereocenters. The number of nitrogens with zero attached hydrogens (tertiary/aromatic N) is 2. The van der Waals surface area contributed by atoms with Gasteiger partial charge in [-0.2, -0.15) is 11.8 Å². The van der Waals surface area contributed by atoms with Crippen molar-refractivity contribution < 1.29 is 10.2 Å². The van der Waals surface area contributed by atoms with E-state index in [9.17, 15) is 15.0 Å². The van der Waals surface area contributed by atoms with Crippen LogP contribution in [0.3, 0.4) is 0 Å². The van der Waals surface area contributed by atoms with Crippen molar-refractivity contribution in [3.05, 3.63) is 22.9 Å². The summed E-state index contributed by atoms with van der Waals surface area (Å²) in [5, 5.41) is 19.1. The zero-order chi connectivity index (χ0) is 14.7. The third kappa shape index (κ3) is 3.52. The first-order valence-electron chi connectivity index (χ1n) is 6.15. The maximum Gasteiger partial charge on any atom is 0.275 e. The van der Waals surface area contributed by atoms with Gasteiger partial charge in [-0.1, -0.05) is 0 Å². The fraction of sp³-hybridized carbons (Fsp3) is 0.500. The summed E-state index contributed by atoms with van der Waals surface area (Å²) < 4.78 is 0. The number of aliphatic hydroxyl groups is 2. The summed E-state index contributed by atoms with van der Waals surface area (Å²) in [7, 11) is 1.81. The lowest BCUT2D eigenvalue weighted by Gasteiger charge is -2.31. The molecule has 21 heavy (non-hydrogen) atoms. The number of hydrogen-bond acceptors (Lipinski definition) is 6. The molecular weight excluding hydrogens is 316 g/mol. The zero-order valence-electron chi connectivity index (χ0n) is 11.7.